The van der Waals surface area contributed by atoms with Gasteiger partial charge in [-0.05, 0) is 24.3 Å². The van der Waals surface area contributed by atoms with Crippen LogP contribution in [0.15, 0.2) is 72.8 Å². The van der Waals surface area contributed by atoms with Gasteiger partial charge in [0.05, 0.1) is 22.1 Å². The molecule has 0 amide bonds. The Morgan fingerprint density at radius 1 is 0.519 bits per heavy atom. The maximum atomic E-state index is 4.73. The zero-order chi connectivity index (χ0) is 15.9. The molecule has 0 unspecified atom stereocenters. The van der Waals surface area contributed by atoms with E-state index < -0.39 is 0 Å². The van der Waals surface area contributed by atoms with Crippen LogP contribution in [-0.4, -0.2) is 19.9 Å². The monoisotopic (exact) mass is 444 g/mol. The van der Waals surface area contributed by atoms with Gasteiger partial charge in [0.25, 0.3) is 0 Å². The molecule has 2 heterocycles. The fraction of sp³-hybridized carbons (Fsp3) is 0. The van der Waals surface area contributed by atoms with Gasteiger partial charge in [-0.2, -0.15) is 0 Å². The first-order chi connectivity index (χ1) is 11.9. The molecule has 5 rings (SSSR count). The molecule has 0 bridgehead atoms. The Balaban J connectivity index is 0.000000871. The topological polar surface area (TPSA) is 57.4 Å². The molecule has 2 aromatic heterocycles. The average molecular weight is 447 g/mol. The summed E-state index contributed by atoms with van der Waals surface area (Å²) < 4.78 is 0. The Bertz CT molecular complexity index is 1020. The molecule has 27 heavy (non-hydrogen) atoms. The molecular weight excluding hydrogens is 433 g/mol. The average Bonchev–Trinajstić information content (AvgIpc) is 3.25. The molecule has 0 spiro atoms. The van der Waals surface area contributed by atoms with Crippen LogP contribution in [0.1, 0.15) is 0 Å². The minimum absolute atomic E-state index is 0. The molecule has 0 radical (unpaired) electrons. The second-order valence-electron chi connectivity index (χ2n) is 5.75. The molecule has 0 aliphatic carbocycles. The first-order valence-corrected chi connectivity index (χ1v) is 7.88. The number of aromatic nitrogens is 4. The first-order valence-electron chi connectivity index (χ1n) is 7.88. The van der Waals surface area contributed by atoms with Gasteiger partial charge in [-0.1, -0.05) is 48.5 Å². The Kier molecular flexibility index (Phi) is 6.77. The van der Waals surface area contributed by atoms with Crippen molar-refractivity contribution < 1.29 is 44.3 Å². The Hall–Kier alpha value is -2.20. The van der Waals surface area contributed by atoms with Crippen molar-refractivity contribution in [3.63, 3.8) is 0 Å². The number of halogens is 2. The number of para-hydroxylation sites is 4. The van der Waals surface area contributed by atoms with Crippen LogP contribution in [-0.2, 0) is 19.5 Å². The third-order valence-electron chi connectivity index (χ3n) is 4.22. The van der Waals surface area contributed by atoms with Crippen LogP contribution in [0.3, 0.4) is 0 Å². The van der Waals surface area contributed by atoms with E-state index in [9.17, 15) is 0 Å². The van der Waals surface area contributed by atoms with Crippen molar-refractivity contribution in [1.82, 2.24) is 19.9 Å². The largest absolute Gasteiger partial charge is 2.00 e. The van der Waals surface area contributed by atoms with Gasteiger partial charge in [0, 0.05) is 11.1 Å². The maximum Gasteiger partial charge on any atom is 2.00 e. The van der Waals surface area contributed by atoms with E-state index >= 15 is 0 Å². The van der Waals surface area contributed by atoms with Crippen LogP contribution in [0.25, 0.3) is 44.8 Å². The standard InChI is InChI=1S/C20H14N4.2ClH.Zn/c1-2-8-14(20-23-17-11-5-6-12-18(17)24-20)13(7-1)19-21-15-9-3-4-10-16(15)22-19;;;/h1-12H,(H,21,22)(H,23,24);2*1H;/q;;;+2/p-2. The number of H-pyrrole nitrogens is 2. The molecule has 4 nitrogen and oxygen atoms in total. The van der Waals surface area contributed by atoms with Gasteiger partial charge in [-0.3, -0.25) is 0 Å². The van der Waals surface area contributed by atoms with Gasteiger partial charge < -0.3 is 34.8 Å². The predicted molar refractivity (Wildman–Crippen MR) is 96.6 cm³/mol. The molecular formula is C20H14Cl2N4Zn. The van der Waals surface area contributed by atoms with E-state index in [2.05, 4.69) is 22.1 Å². The van der Waals surface area contributed by atoms with Crippen LogP contribution in [0.2, 0.25) is 0 Å². The van der Waals surface area contributed by atoms with Gasteiger partial charge in [-0.25, -0.2) is 9.97 Å². The van der Waals surface area contributed by atoms with Crippen LogP contribution < -0.4 is 24.8 Å². The predicted octanol–water partition coefficient (Wildman–Crippen LogP) is -1.22. The number of rotatable bonds is 2. The van der Waals surface area contributed by atoms with Gasteiger partial charge in [0.1, 0.15) is 11.6 Å². The number of imidazole rings is 2. The first kappa shape index (κ1) is 21.1. The van der Waals surface area contributed by atoms with Crippen molar-refractivity contribution in [3.8, 4) is 22.8 Å². The molecule has 0 aliphatic rings. The normalized spacial score (nSPS) is 10.1. The van der Waals surface area contributed by atoms with Gasteiger partial charge in [0.2, 0.25) is 0 Å². The zero-order valence-electron chi connectivity index (χ0n) is 14.3. The van der Waals surface area contributed by atoms with E-state index in [1.807, 2.05) is 60.7 Å². The number of fused-ring (bicyclic) bond motifs is 2. The molecule has 5 aromatic rings. The fourth-order valence-electron chi connectivity index (χ4n) is 3.06. The van der Waals surface area contributed by atoms with Crippen LogP contribution in [0, 0.1) is 0 Å². The van der Waals surface area contributed by atoms with Crippen LogP contribution >= 0.6 is 0 Å². The maximum absolute atomic E-state index is 4.73. The number of hydrogen-bond donors (Lipinski definition) is 2. The van der Waals surface area contributed by atoms with Crippen molar-refractivity contribution in [2.24, 2.45) is 0 Å². The summed E-state index contributed by atoms with van der Waals surface area (Å²) in [6.45, 7) is 0. The molecule has 0 fully saturated rings. The van der Waals surface area contributed by atoms with Crippen molar-refractivity contribution in [2.75, 3.05) is 0 Å². The van der Waals surface area contributed by atoms with Gasteiger partial charge >= 0.3 is 19.5 Å². The van der Waals surface area contributed by atoms with Crippen LogP contribution in [0.5, 0.6) is 0 Å². The third kappa shape index (κ3) is 3.77. The van der Waals surface area contributed by atoms with Crippen molar-refractivity contribution in [3.05, 3.63) is 72.8 Å². The van der Waals surface area contributed by atoms with Crippen molar-refractivity contribution >= 4 is 22.1 Å². The number of hydrogen-bond acceptors (Lipinski definition) is 2. The molecule has 3 aromatic carbocycles. The van der Waals surface area contributed by atoms with Gasteiger partial charge in [-0.15, -0.1) is 0 Å². The van der Waals surface area contributed by atoms with Crippen molar-refractivity contribution in [2.45, 2.75) is 0 Å². The van der Waals surface area contributed by atoms with E-state index in [0.717, 1.165) is 44.8 Å². The summed E-state index contributed by atoms with van der Waals surface area (Å²) in [5.41, 5.74) is 6.07. The molecule has 130 valence electrons. The zero-order valence-corrected chi connectivity index (χ0v) is 18.8. The number of benzene rings is 3. The molecule has 0 aliphatic heterocycles. The summed E-state index contributed by atoms with van der Waals surface area (Å²) >= 11 is 0. The smallest absolute Gasteiger partial charge is 1.00 e. The van der Waals surface area contributed by atoms with E-state index in [-0.39, 0.29) is 44.3 Å². The minimum Gasteiger partial charge on any atom is -1.00 e. The van der Waals surface area contributed by atoms with Crippen molar-refractivity contribution in [1.29, 1.82) is 0 Å². The fourth-order valence-corrected chi connectivity index (χ4v) is 3.06. The third-order valence-corrected chi connectivity index (χ3v) is 4.22. The Morgan fingerprint density at radius 2 is 0.889 bits per heavy atom. The SMILES string of the molecule is [Cl-].[Cl-].[Zn+2].c1ccc(-c2nc3ccccc3[nH]2)c(-c2nc3ccccc3[nH]2)c1. The minimum atomic E-state index is 0. The number of nitrogens with one attached hydrogen (secondary N) is 2. The van der Waals surface area contributed by atoms with E-state index in [1.165, 1.54) is 0 Å². The molecule has 2 N–H and O–H groups in total. The second kappa shape index (κ2) is 8.66. The Morgan fingerprint density at radius 3 is 1.30 bits per heavy atom. The quantitative estimate of drug-likeness (QED) is 0.334. The van der Waals surface area contributed by atoms with E-state index in [0.29, 0.717) is 0 Å². The molecule has 0 saturated heterocycles. The molecule has 7 heteroatoms. The summed E-state index contributed by atoms with van der Waals surface area (Å²) in [4.78, 5) is 16.3. The molecule has 0 atom stereocenters. The van der Waals surface area contributed by atoms with E-state index in [4.69, 9.17) is 9.97 Å². The van der Waals surface area contributed by atoms with E-state index in [1.54, 1.807) is 0 Å². The summed E-state index contributed by atoms with van der Waals surface area (Å²) in [6, 6.07) is 24.3. The number of aromatic amines is 2. The second-order valence-corrected chi connectivity index (χ2v) is 5.75. The summed E-state index contributed by atoms with van der Waals surface area (Å²) in [6.07, 6.45) is 0. The summed E-state index contributed by atoms with van der Waals surface area (Å²) in [5.74, 6) is 1.71. The van der Waals surface area contributed by atoms with Crippen LogP contribution in [0.4, 0.5) is 0 Å². The summed E-state index contributed by atoms with van der Waals surface area (Å²) in [5, 5.41) is 0. The Labute approximate surface area is 181 Å². The van der Waals surface area contributed by atoms with Gasteiger partial charge in [0.15, 0.2) is 0 Å². The number of nitrogens with zero attached hydrogens (tertiary/aromatic N) is 2. The molecule has 0 saturated carbocycles. The summed E-state index contributed by atoms with van der Waals surface area (Å²) in [7, 11) is 0.